The molecule has 0 saturated heterocycles. The van der Waals surface area contributed by atoms with Gasteiger partial charge in [0.15, 0.2) is 12.2 Å². The fourth-order valence-electron chi connectivity index (χ4n) is 3.62. The number of aryl methyl sites for hydroxylation is 1. The maximum absolute atomic E-state index is 12.7. The molecule has 0 saturated carbocycles. The minimum atomic E-state index is 0. The number of carbonyl (C=O) groups excluding carboxylic acids is 1. The van der Waals surface area contributed by atoms with E-state index in [0.717, 1.165) is 42.0 Å². The highest BCUT2D eigenvalue weighted by Crippen LogP contribution is 2.26. The first-order valence-electron chi connectivity index (χ1n) is 9.02. The van der Waals surface area contributed by atoms with Crippen molar-refractivity contribution in [3.63, 3.8) is 0 Å². The molecule has 1 aliphatic rings. The predicted molar refractivity (Wildman–Crippen MR) is 100 cm³/mol. The van der Waals surface area contributed by atoms with Crippen LogP contribution in [0.3, 0.4) is 0 Å². The van der Waals surface area contributed by atoms with Gasteiger partial charge in [0, 0.05) is 11.1 Å². The zero-order valence-electron chi connectivity index (χ0n) is 15.6. The van der Waals surface area contributed by atoms with E-state index in [-0.39, 0.29) is 22.8 Å². The lowest BCUT2D eigenvalue weighted by atomic mass is 10.1. The summed E-state index contributed by atoms with van der Waals surface area (Å²) in [7, 11) is 1.68. The van der Waals surface area contributed by atoms with Crippen LogP contribution in [-0.2, 0) is 19.5 Å². The van der Waals surface area contributed by atoms with Crippen molar-refractivity contribution in [1.29, 1.82) is 0 Å². The van der Waals surface area contributed by atoms with Gasteiger partial charge in [0.05, 0.1) is 20.1 Å². The van der Waals surface area contributed by atoms with Crippen LogP contribution in [0, 0.1) is 6.92 Å². The Balaban J connectivity index is 0.00000210. The van der Waals surface area contributed by atoms with Crippen molar-refractivity contribution in [2.75, 3.05) is 7.11 Å². The number of aromatic nitrogens is 2. The van der Waals surface area contributed by atoms with Gasteiger partial charge in [-0.3, -0.25) is 4.79 Å². The van der Waals surface area contributed by atoms with Crippen molar-refractivity contribution in [2.45, 2.75) is 32.9 Å². The van der Waals surface area contributed by atoms with Crippen LogP contribution < -0.4 is 26.3 Å². The normalized spacial score (nSPS) is 12.4. The summed E-state index contributed by atoms with van der Waals surface area (Å²) < 4.78 is 9.71. The van der Waals surface area contributed by atoms with Crippen LogP contribution >= 0.6 is 0 Å². The van der Waals surface area contributed by atoms with Gasteiger partial charge in [0.25, 0.3) is 5.82 Å². The van der Waals surface area contributed by atoms with Crippen molar-refractivity contribution >= 4 is 5.78 Å². The molecule has 0 aliphatic carbocycles. The third kappa shape index (κ3) is 3.83. The fourth-order valence-corrected chi connectivity index (χ4v) is 3.62. The molecule has 0 N–H and O–H groups in total. The number of halogens is 1. The highest BCUT2D eigenvalue weighted by Gasteiger charge is 2.29. The van der Waals surface area contributed by atoms with Crippen LogP contribution in [0.2, 0.25) is 0 Å². The fraction of sp³-hybridized carbons (Fsp3) is 0.273. The van der Waals surface area contributed by atoms with Gasteiger partial charge in [-0.1, -0.05) is 29.8 Å². The average Bonchev–Trinajstić information content (AvgIpc) is 3.26. The number of Topliss-reactive ketones (excluding diaryl/α,β-unsaturated/α-hetero) is 1. The average molecular weight is 427 g/mol. The van der Waals surface area contributed by atoms with Gasteiger partial charge < -0.3 is 21.7 Å². The van der Waals surface area contributed by atoms with Crippen LogP contribution in [-0.4, -0.2) is 17.5 Å². The van der Waals surface area contributed by atoms with E-state index in [2.05, 4.69) is 27.5 Å². The summed E-state index contributed by atoms with van der Waals surface area (Å²) in [6.45, 7) is 3.42. The zero-order chi connectivity index (χ0) is 18.1. The first-order chi connectivity index (χ1) is 12.7. The van der Waals surface area contributed by atoms with Gasteiger partial charge in [-0.05, 0) is 37.6 Å². The Morgan fingerprint density at radius 3 is 2.48 bits per heavy atom. The molecule has 0 unspecified atom stereocenters. The number of fused-ring (bicyclic) bond motifs is 1. The standard InChI is InChI=1S/C22H23N2O2.BrH/c1-16-5-7-18(8-6-16)21(25)15-23-14-20(24-13-3-4-22(23)24)17-9-11-19(26-2)12-10-17;/h5-12,14H,3-4,13,15H2,1-2H3;1H/q+1;/p-1. The monoisotopic (exact) mass is 426 g/mol. The second-order valence-corrected chi connectivity index (χ2v) is 6.83. The lowest BCUT2D eigenvalue weighted by molar-refractivity contribution is -0.689. The number of hydrogen-bond donors (Lipinski definition) is 0. The quantitative estimate of drug-likeness (QED) is 0.442. The minimum absolute atomic E-state index is 0. The second-order valence-electron chi connectivity index (χ2n) is 6.83. The van der Waals surface area contributed by atoms with Gasteiger partial charge in [0.1, 0.15) is 11.9 Å². The molecule has 1 aliphatic heterocycles. The molecule has 1 aromatic heterocycles. The van der Waals surface area contributed by atoms with Gasteiger partial charge in [-0.2, -0.15) is 0 Å². The molecule has 0 atom stereocenters. The van der Waals surface area contributed by atoms with E-state index in [1.54, 1.807) is 7.11 Å². The van der Waals surface area contributed by atoms with Gasteiger partial charge in [-0.15, -0.1) is 0 Å². The van der Waals surface area contributed by atoms with Crippen LogP contribution in [0.25, 0.3) is 11.3 Å². The third-order valence-corrected chi connectivity index (χ3v) is 5.07. The molecule has 0 bridgehead atoms. The van der Waals surface area contributed by atoms with E-state index in [9.17, 15) is 4.79 Å². The molecule has 2 heterocycles. The number of benzene rings is 2. The van der Waals surface area contributed by atoms with Crippen LogP contribution in [0.1, 0.15) is 28.2 Å². The molecule has 0 spiro atoms. The van der Waals surface area contributed by atoms with Crippen molar-refractivity contribution in [3.05, 3.63) is 71.7 Å². The first kappa shape index (κ1) is 19.4. The molecule has 140 valence electrons. The Morgan fingerprint density at radius 2 is 1.81 bits per heavy atom. The Labute approximate surface area is 170 Å². The molecule has 5 heteroatoms. The van der Waals surface area contributed by atoms with Gasteiger partial charge in [-0.25, -0.2) is 9.13 Å². The first-order valence-corrected chi connectivity index (χ1v) is 9.02. The molecule has 0 radical (unpaired) electrons. The van der Waals surface area contributed by atoms with Crippen LogP contribution in [0.15, 0.2) is 54.7 Å². The van der Waals surface area contributed by atoms with E-state index in [4.69, 9.17) is 4.74 Å². The summed E-state index contributed by atoms with van der Waals surface area (Å²) in [5.74, 6) is 2.23. The lowest BCUT2D eigenvalue weighted by Crippen LogP contribution is -3.00. The number of nitrogens with zero attached hydrogens (tertiary/aromatic N) is 2. The zero-order valence-corrected chi connectivity index (χ0v) is 17.2. The predicted octanol–water partition coefficient (Wildman–Crippen LogP) is 0.593. The highest BCUT2D eigenvalue weighted by atomic mass is 79.9. The topological polar surface area (TPSA) is 35.1 Å². The lowest BCUT2D eigenvalue weighted by Gasteiger charge is -2.01. The van der Waals surface area contributed by atoms with Crippen molar-refractivity contribution < 1.29 is 31.1 Å². The van der Waals surface area contributed by atoms with Gasteiger partial charge in [0.2, 0.25) is 5.78 Å². The summed E-state index contributed by atoms with van der Waals surface area (Å²) in [5, 5.41) is 0. The van der Waals surface area contributed by atoms with Gasteiger partial charge >= 0.3 is 0 Å². The minimum Gasteiger partial charge on any atom is -1.00 e. The van der Waals surface area contributed by atoms with E-state index >= 15 is 0 Å². The van der Waals surface area contributed by atoms with E-state index in [1.807, 2.05) is 43.3 Å². The largest absolute Gasteiger partial charge is 1.00 e. The number of carbonyl (C=O) groups is 1. The van der Waals surface area contributed by atoms with Crippen molar-refractivity contribution in [1.82, 2.24) is 4.57 Å². The summed E-state index contributed by atoms with van der Waals surface area (Å²) in [4.78, 5) is 12.7. The Hall–Kier alpha value is -2.40. The Bertz CT molecular complexity index is 944. The van der Waals surface area contributed by atoms with E-state index in [1.165, 1.54) is 11.4 Å². The maximum Gasteiger partial charge on any atom is 0.257 e. The molecule has 0 amide bonds. The Morgan fingerprint density at radius 1 is 1.11 bits per heavy atom. The summed E-state index contributed by atoms with van der Waals surface area (Å²) in [6, 6.07) is 15.9. The molecule has 2 aromatic carbocycles. The molecule has 0 fully saturated rings. The number of methoxy groups -OCH3 is 1. The number of ketones is 1. The SMILES string of the molecule is COc1ccc(-c2c[n+](CC(=O)c3ccc(C)cc3)c3n2CCC3)cc1.[Br-]. The number of imidazole rings is 1. The Kier molecular flexibility index (Phi) is 5.80. The molecule has 4 rings (SSSR count). The molecule has 3 aromatic rings. The van der Waals surface area contributed by atoms with E-state index < -0.39 is 0 Å². The number of rotatable bonds is 5. The highest BCUT2D eigenvalue weighted by molar-refractivity contribution is 5.95. The number of hydrogen-bond acceptors (Lipinski definition) is 2. The third-order valence-electron chi connectivity index (χ3n) is 5.07. The molecule has 27 heavy (non-hydrogen) atoms. The molecule has 4 nitrogen and oxygen atoms in total. The summed E-state index contributed by atoms with van der Waals surface area (Å²) >= 11 is 0. The maximum atomic E-state index is 12.7. The van der Waals surface area contributed by atoms with Crippen molar-refractivity contribution in [3.8, 4) is 17.0 Å². The van der Waals surface area contributed by atoms with E-state index in [0.29, 0.717) is 6.54 Å². The van der Waals surface area contributed by atoms with Crippen molar-refractivity contribution in [2.24, 2.45) is 0 Å². The smallest absolute Gasteiger partial charge is 0.257 e. The summed E-state index contributed by atoms with van der Waals surface area (Å²) in [5.41, 5.74) is 4.25. The van der Waals surface area contributed by atoms with Crippen LogP contribution in [0.5, 0.6) is 5.75 Å². The summed E-state index contributed by atoms with van der Waals surface area (Å²) in [6.07, 6.45) is 4.25. The molecular weight excluding hydrogens is 404 g/mol. The van der Waals surface area contributed by atoms with Crippen LogP contribution in [0.4, 0.5) is 0 Å². The number of ether oxygens (including phenoxy) is 1. The second kappa shape index (κ2) is 8.09. The molecular formula is C22H23BrN2O2.